The van der Waals surface area contributed by atoms with Gasteiger partial charge in [0, 0.05) is 18.8 Å². The minimum atomic E-state index is -3.60. The molecular formula is C20H24N2O6S. The molecule has 0 aliphatic rings. The molecule has 0 aromatic heterocycles. The zero-order valence-electron chi connectivity index (χ0n) is 16.7. The molecule has 0 radical (unpaired) electrons. The number of nitrogens with one attached hydrogen (secondary N) is 1. The van der Waals surface area contributed by atoms with Crippen LogP contribution in [-0.4, -0.2) is 51.4 Å². The summed E-state index contributed by atoms with van der Waals surface area (Å²) in [6.45, 7) is 3.07. The second-order valence-electron chi connectivity index (χ2n) is 6.50. The Labute approximate surface area is 170 Å². The molecular weight excluding hydrogens is 396 g/mol. The molecule has 1 amide bonds. The lowest BCUT2D eigenvalue weighted by atomic mass is 10.2. The van der Waals surface area contributed by atoms with Crippen molar-refractivity contribution in [2.45, 2.75) is 24.8 Å². The highest BCUT2D eigenvalue weighted by atomic mass is 32.2. The molecule has 2 aromatic carbocycles. The zero-order chi connectivity index (χ0) is 21.6. The van der Waals surface area contributed by atoms with Gasteiger partial charge in [-0.05, 0) is 56.3 Å². The maximum absolute atomic E-state index is 12.4. The van der Waals surface area contributed by atoms with Gasteiger partial charge < -0.3 is 14.8 Å². The van der Waals surface area contributed by atoms with Crippen molar-refractivity contribution < 1.29 is 27.5 Å². The molecule has 9 heteroatoms. The van der Waals surface area contributed by atoms with Crippen molar-refractivity contribution in [1.82, 2.24) is 4.31 Å². The quantitative estimate of drug-likeness (QED) is 0.659. The summed E-state index contributed by atoms with van der Waals surface area (Å²) in [5.41, 5.74) is 0.652. The Morgan fingerprint density at radius 3 is 2.34 bits per heavy atom. The van der Waals surface area contributed by atoms with Crippen molar-refractivity contribution in [3.8, 4) is 5.75 Å². The van der Waals surface area contributed by atoms with Crippen LogP contribution in [0.2, 0.25) is 0 Å². The topological polar surface area (TPSA) is 102 Å². The second kappa shape index (κ2) is 9.53. The number of carbonyl (C=O) groups is 2. The van der Waals surface area contributed by atoms with Crippen molar-refractivity contribution in [3.63, 3.8) is 0 Å². The van der Waals surface area contributed by atoms with Crippen LogP contribution in [0, 0.1) is 0 Å². The maximum Gasteiger partial charge on any atom is 0.338 e. The molecule has 0 heterocycles. The smallest absolute Gasteiger partial charge is 0.338 e. The van der Waals surface area contributed by atoms with E-state index in [0.717, 1.165) is 0 Å². The second-order valence-corrected chi connectivity index (χ2v) is 8.49. The first-order chi connectivity index (χ1) is 13.6. The van der Waals surface area contributed by atoms with Crippen molar-refractivity contribution in [2.75, 3.05) is 26.1 Å². The van der Waals surface area contributed by atoms with Gasteiger partial charge in [-0.25, -0.2) is 13.2 Å². The number of hydrogen-bond donors (Lipinski definition) is 1. The van der Waals surface area contributed by atoms with E-state index in [1.54, 1.807) is 32.0 Å². The van der Waals surface area contributed by atoms with Crippen LogP contribution in [0.3, 0.4) is 0 Å². The van der Waals surface area contributed by atoms with Crippen LogP contribution in [0.5, 0.6) is 5.75 Å². The lowest BCUT2D eigenvalue weighted by Crippen LogP contribution is -2.33. The Bertz CT molecular complexity index is 971. The Hall–Kier alpha value is -2.91. The van der Waals surface area contributed by atoms with Gasteiger partial charge in [0.15, 0.2) is 6.61 Å². The fraction of sp³-hybridized carbons (Fsp3) is 0.300. The summed E-state index contributed by atoms with van der Waals surface area (Å²) in [7, 11) is -0.613. The lowest BCUT2D eigenvalue weighted by Gasteiger charge is -2.21. The molecule has 1 N–H and O–H groups in total. The van der Waals surface area contributed by atoms with E-state index in [4.69, 9.17) is 9.47 Å². The van der Waals surface area contributed by atoms with E-state index in [2.05, 4.69) is 5.32 Å². The zero-order valence-corrected chi connectivity index (χ0v) is 17.5. The number of carbonyl (C=O) groups excluding carboxylic acids is 2. The molecule has 0 spiro atoms. The first kappa shape index (κ1) is 22.4. The molecule has 0 aliphatic heterocycles. The Morgan fingerprint density at radius 2 is 1.76 bits per heavy atom. The minimum Gasteiger partial charge on any atom is -0.497 e. The predicted octanol–water partition coefficient (Wildman–Crippen LogP) is 2.52. The molecule has 0 unspecified atom stereocenters. The number of benzene rings is 2. The third-order valence-electron chi connectivity index (χ3n) is 4.18. The molecule has 2 aromatic rings. The van der Waals surface area contributed by atoms with Gasteiger partial charge in [-0.1, -0.05) is 6.07 Å². The fourth-order valence-corrected chi connectivity index (χ4v) is 3.68. The third-order valence-corrected chi connectivity index (χ3v) is 6.23. The number of amides is 1. The molecule has 0 atom stereocenters. The van der Waals surface area contributed by atoms with E-state index in [9.17, 15) is 18.0 Å². The van der Waals surface area contributed by atoms with Gasteiger partial charge in [-0.15, -0.1) is 0 Å². The average Bonchev–Trinajstić information content (AvgIpc) is 2.71. The van der Waals surface area contributed by atoms with Gasteiger partial charge in [0.2, 0.25) is 10.0 Å². The predicted molar refractivity (Wildman–Crippen MR) is 108 cm³/mol. The molecule has 156 valence electrons. The van der Waals surface area contributed by atoms with Gasteiger partial charge in [0.25, 0.3) is 5.91 Å². The highest BCUT2D eigenvalue weighted by molar-refractivity contribution is 7.89. The number of anilines is 1. The highest BCUT2D eigenvalue weighted by Crippen LogP contribution is 2.19. The van der Waals surface area contributed by atoms with Gasteiger partial charge >= 0.3 is 5.97 Å². The summed E-state index contributed by atoms with van der Waals surface area (Å²) in [5, 5.41) is 2.55. The molecule has 29 heavy (non-hydrogen) atoms. The number of methoxy groups -OCH3 is 1. The van der Waals surface area contributed by atoms with Gasteiger partial charge in [-0.2, -0.15) is 4.31 Å². The van der Waals surface area contributed by atoms with E-state index in [0.29, 0.717) is 11.4 Å². The summed E-state index contributed by atoms with van der Waals surface area (Å²) in [6, 6.07) is 12.0. The standard InChI is InChI=1S/C20H24N2O6S/c1-14(2)22(3)29(25,26)18-10-8-16(9-11-18)21-19(23)13-28-20(24)15-6-5-7-17(12-15)27-4/h5-12,14H,13H2,1-4H3,(H,21,23). The van der Waals surface area contributed by atoms with Crippen molar-refractivity contribution in [3.05, 3.63) is 54.1 Å². The van der Waals surface area contributed by atoms with E-state index in [-0.39, 0.29) is 16.5 Å². The normalized spacial score (nSPS) is 11.4. The summed E-state index contributed by atoms with van der Waals surface area (Å²) in [4.78, 5) is 24.1. The number of rotatable bonds is 8. The van der Waals surface area contributed by atoms with Crippen LogP contribution < -0.4 is 10.1 Å². The highest BCUT2D eigenvalue weighted by Gasteiger charge is 2.22. The van der Waals surface area contributed by atoms with E-state index in [1.165, 1.54) is 48.8 Å². The Kier molecular flexibility index (Phi) is 7.35. The summed E-state index contributed by atoms with van der Waals surface area (Å²) < 4.78 is 36.2. The van der Waals surface area contributed by atoms with Crippen molar-refractivity contribution in [1.29, 1.82) is 0 Å². The minimum absolute atomic E-state index is 0.121. The van der Waals surface area contributed by atoms with Gasteiger partial charge in [0.05, 0.1) is 17.6 Å². The fourth-order valence-electron chi connectivity index (χ4n) is 2.32. The number of ether oxygens (including phenoxy) is 2. The average molecular weight is 420 g/mol. The molecule has 0 fully saturated rings. The molecule has 8 nitrogen and oxygen atoms in total. The van der Waals surface area contributed by atoms with Crippen molar-refractivity contribution in [2.24, 2.45) is 0 Å². The van der Waals surface area contributed by atoms with Gasteiger partial charge in [-0.3, -0.25) is 4.79 Å². The monoisotopic (exact) mass is 420 g/mol. The van der Waals surface area contributed by atoms with Crippen LogP contribution in [0.25, 0.3) is 0 Å². The molecule has 0 saturated heterocycles. The van der Waals surface area contributed by atoms with E-state index < -0.39 is 28.5 Å². The number of esters is 1. The van der Waals surface area contributed by atoms with Crippen LogP contribution in [-0.2, 0) is 19.6 Å². The SMILES string of the molecule is COc1cccc(C(=O)OCC(=O)Nc2ccc(S(=O)(=O)N(C)C(C)C)cc2)c1. The Balaban J connectivity index is 1.95. The van der Waals surface area contributed by atoms with Crippen LogP contribution in [0.4, 0.5) is 5.69 Å². The Morgan fingerprint density at radius 1 is 1.10 bits per heavy atom. The first-order valence-corrected chi connectivity index (χ1v) is 10.3. The van der Waals surface area contributed by atoms with E-state index >= 15 is 0 Å². The maximum atomic E-state index is 12.4. The van der Waals surface area contributed by atoms with Gasteiger partial charge in [0.1, 0.15) is 5.75 Å². The van der Waals surface area contributed by atoms with Crippen LogP contribution >= 0.6 is 0 Å². The van der Waals surface area contributed by atoms with Crippen LogP contribution in [0.1, 0.15) is 24.2 Å². The molecule has 2 rings (SSSR count). The third kappa shape index (κ3) is 5.78. The van der Waals surface area contributed by atoms with Crippen molar-refractivity contribution >= 4 is 27.6 Å². The summed E-state index contributed by atoms with van der Waals surface area (Å²) in [5.74, 6) is -0.699. The largest absolute Gasteiger partial charge is 0.497 e. The first-order valence-electron chi connectivity index (χ1n) is 8.84. The number of nitrogens with zero attached hydrogens (tertiary/aromatic N) is 1. The van der Waals surface area contributed by atoms with E-state index in [1.807, 2.05) is 0 Å². The summed E-state index contributed by atoms with van der Waals surface area (Å²) >= 11 is 0. The summed E-state index contributed by atoms with van der Waals surface area (Å²) in [6.07, 6.45) is 0. The van der Waals surface area contributed by atoms with Crippen LogP contribution in [0.15, 0.2) is 53.4 Å². The molecule has 0 saturated carbocycles. The number of hydrogen-bond acceptors (Lipinski definition) is 6. The molecule has 0 bridgehead atoms. The number of sulfonamides is 1. The lowest BCUT2D eigenvalue weighted by molar-refractivity contribution is -0.119. The molecule has 0 aliphatic carbocycles.